The molecule has 1 aromatic heterocycles. The Kier molecular flexibility index (Phi) is 5.45. The molecule has 0 aromatic carbocycles. The molecule has 1 amide bonds. The minimum atomic E-state index is -0.0726. The summed E-state index contributed by atoms with van der Waals surface area (Å²) in [5.41, 5.74) is 0. The number of nitrogens with zero attached hydrogens (tertiary/aromatic N) is 3. The van der Waals surface area contributed by atoms with Gasteiger partial charge in [-0.1, -0.05) is 19.3 Å². The van der Waals surface area contributed by atoms with E-state index in [-0.39, 0.29) is 5.24 Å². The molecule has 1 heterocycles. The molecule has 0 atom stereocenters. The Balaban J connectivity index is 1.78. The Morgan fingerprint density at radius 3 is 2.84 bits per heavy atom. The smallest absolute Gasteiger partial charge is 0.293 e. The normalized spacial score (nSPS) is 16.3. The minimum absolute atomic E-state index is 0.0726. The van der Waals surface area contributed by atoms with Crippen molar-refractivity contribution in [3.05, 3.63) is 0 Å². The van der Waals surface area contributed by atoms with Crippen LogP contribution in [0.4, 0.5) is 4.79 Å². The molecule has 1 aliphatic carbocycles. The first kappa shape index (κ1) is 14.6. The van der Waals surface area contributed by atoms with Gasteiger partial charge in [-0.05, 0) is 18.8 Å². The summed E-state index contributed by atoms with van der Waals surface area (Å²) in [6.07, 6.45) is 6.47. The van der Waals surface area contributed by atoms with Crippen LogP contribution in [0.5, 0.6) is 5.19 Å². The summed E-state index contributed by atoms with van der Waals surface area (Å²) in [5, 5.41) is 0.971. The Labute approximate surface area is 121 Å². The fourth-order valence-corrected chi connectivity index (χ4v) is 3.24. The number of thioether (sulfide) groups is 1. The molecule has 1 aromatic rings. The van der Waals surface area contributed by atoms with Gasteiger partial charge in [-0.25, -0.2) is 0 Å². The predicted molar refractivity (Wildman–Crippen MR) is 76.9 cm³/mol. The maximum absolute atomic E-state index is 11.5. The van der Waals surface area contributed by atoms with Crippen LogP contribution in [0.3, 0.4) is 0 Å². The Hall–Kier alpha value is -0.820. The van der Waals surface area contributed by atoms with Gasteiger partial charge in [0.25, 0.3) is 10.4 Å². The van der Waals surface area contributed by atoms with Crippen molar-refractivity contribution in [3.63, 3.8) is 0 Å². The SMILES string of the molecule is CN(C)C(=O)Sc1nsc(OCC2CCCCC2)n1. The lowest BCUT2D eigenvalue weighted by Gasteiger charge is -2.20. The van der Waals surface area contributed by atoms with Crippen LogP contribution in [0.15, 0.2) is 5.16 Å². The summed E-state index contributed by atoms with van der Waals surface area (Å²) in [7, 11) is 3.42. The average Bonchev–Trinajstić information content (AvgIpc) is 2.85. The third kappa shape index (κ3) is 4.65. The Morgan fingerprint density at radius 2 is 2.16 bits per heavy atom. The van der Waals surface area contributed by atoms with E-state index in [4.69, 9.17) is 4.74 Å². The van der Waals surface area contributed by atoms with E-state index in [1.807, 2.05) is 0 Å². The summed E-state index contributed by atoms with van der Waals surface area (Å²) in [6, 6.07) is 0. The summed E-state index contributed by atoms with van der Waals surface area (Å²) in [4.78, 5) is 17.2. The molecule has 7 heteroatoms. The van der Waals surface area contributed by atoms with Gasteiger partial charge in [0.2, 0.25) is 5.16 Å². The first-order valence-electron chi connectivity index (χ1n) is 6.51. The number of aromatic nitrogens is 2. The molecule has 0 aliphatic heterocycles. The third-order valence-electron chi connectivity index (χ3n) is 3.10. The van der Waals surface area contributed by atoms with Crippen LogP contribution >= 0.6 is 23.3 Å². The number of amides is 1. The summed E-state index contributed by atoms with van der Waals surface area (Å²) < 4.78 is 9.80. The summed E-state index contributed by atoms with van der Waals surface area (Å²) in [5.74, 6) is 0.650. The van der Waals surface area contributed by atoms with Crippen LogP contribution in [0.1, 0.15) is 32.1 Å². The van der Waals surface area contributed by atoms with Gasteiger partial charge in [0.1, 0.15) is 0 Å². The fourth-order valence-electron chi connectivity index (χ4n) is 2.01. The molecule has 0 bridgehead atoms. The molecule has 0 radical (unpaired) electrons. The van der Waals surface area contributed by atoms with Crippen LogP contribution in [0.2, 0.25) is 0 Å². The second-order valence-electron chi connectivity index (χ2n) is 4.92. The average molecular weight is 301 g/mol. The van der Waals surface area contributed by atoms with E-state index >= 15 is 0 Å². The molecule has 5 nitrogen and oxygen atoms in total. The summed E-state index contributed by atoms with van der Waals surface area (Å²) >= 11 is 2.25. The number of hydrogen-bond acceptors (Lipinski definition) is 6. The molecule has 0 saturated heterocycles. The zero-order valence-corrected chi connectivity index (χ0v) is 12.9. The highest BCUT2D eigenvalue weighted by molar-refractivity contribution is 8.13. The van der Waals surface area contributed by atoms with Crippen molar-refractivity contribution in [2.45, 2.75) is 37.3 Å². The fraction of sp³-hybridized carbons (Fsp3) is 0.750. The standard InChI is InChI=1S/C12H19N3O2S2/c1-15(2)12(16)18-10-13-11(19-14-10)17-8-9-6-4-3-5-7-9/h9H,3-8H2,1-2H3. The quantitative estimate of drug-likeness (QED) is 0.799. The van der Waals surface area contributed by atoms with Crippen LogP contribution in [0, 0.1) is 5.92 Å². The second-order valence-corrected chi connectivity index (χ2v) is 6.55. The van der Waals surface area contributed by atoms with Crippen molar-refractivity contribution in [2.24, 2.45) is 5.92 Å². The maximum Gasteiger partial charge on any atom is 0.293 e. The molecule has 2 rings (SSSR count). The van der Waals surface area contributed by atoms with Gasteiger partial charge in [0.15, 0.2) is 0 Å². The van der Waals surface area contributed by atoms with Crippen molar-refractivity contribution in [2.75, 3.05) is 20.7 Å². The zero-order chi connectivity index (χ0) is 13.7. The predicted octanol–water partition coefficient (Wildman–Crippen LogP) is 3.27. The van der Waals surface area contributed by atoms with Crippen molar-refractivity contribution in [3.8, 4) is 5.19 Å². The molecule has 0 N–H and O–H groups in total. The van der Waals surface area contributed by atoms with E-state index in [0.29, 0.717) is 16.3 Å². The topological polar surface area (TPSA) is 55.3 Å². The molecular weight excluding hydrogens is 282 g/mol. The van der Waals surface area contributed by atoms with Gasteiger partial charge in [-0.15, -0.1) is 0 Å². The molecule has 1 fully saturated rings. The van der Waals surface area contributed by atoms with Gasteiger partial charge >= 0.3 is 0 Å². The third-order valence-corrected chi connectivity index (χ3v) is 4.75. The van der Waals surface area contributed by atoms with Gasteiger partial charge < -0.3 is 9.64 Å². The van der Waals surface area contributed by atoms with E-state index in [9.17, 15) is 4.79 Å². The van der Waals surface area contributed by atoms with Crippen LogP contribution in [0.25, 0.3) is 0 Å². The van der Waals surface area contributed by atoms with Crippen molar-refractivity contribution in [1.82, 2.24) is 14.3 Å². The van der Waals surface area contributed by atoms with Crippen molar-refractivity contribution in [1.29, 1.82) is 0 Å². The molecule has 0 spiro atoms. The van der Waals surface area contributed by atoms with Gasteiger partial charge in [0.05, 0.1) is 6.61 Å². The van der Waals surface area contributed by atoms with Gasteiger partial charge in [-0.2, -0.15) is 9.36 Å². The number of rotatable bonds is 4. The lowest BCUT2D eigenvalue weighted by Crippen LogP contribution is -2.16. The molecule has 0 unspecified atom stereocenters. The first-order chi connectivity index (χ1) is 9.15. The van der Waals surface area contributed by atoms with Crippen molar-refractivity contribution < 1.29 is 9.53 Å². The van der Waals surface area contributed by atoms with E-state index in [2.05, 4.69) is 9.36 Å². The van der Waals surface area contributed by atoms with Crippen LogP contribution in [-0.2, 0) is 0 Å². The lowest BCUT2D eigenvalue weighted by atomic mass is 9.90. The van der Waals surface area contributed by atoms with E-state index in [1.165, 1.54) is 48.5 Å². The molecule has 19 heavy (non-hydrogen) atoms. The lowest BCUT2D eigenvalue weighted by molar-refractivity contribution is 0.207. The van der Waals surface area contributed by atoms with E-state index in [0.717, 1.165) is 18.4 Å². The number of ether oxygens (including phenoxy) is 1. The van der Waals surface area contributed by atoms with E-state index < -0.39 is 0 Å². The Morgan fingerprint density at radius 1 is 1.42 bits per heavy atom. The largest absolute Gasteiger partial charge is 0.469 e. The summed E-state index contributed by atoms with van der Waals surface area (Å²) in [6.45, 7) is 0.723. The second kappa shape index (κ2) is 7.09. The van der Waals surface area contributed by atoms with Crippen LogP contribution < -0.4 is 4.74 Å². The first-order valence-corrected chi connectivity index (χ1v) is 8.10. The maximum atomic E-state index is 11.5. The van der Waals surface area contributed by atoms with Crippen LogP contribution in [-0.4, -0.2) is 40.2 Å². The van der Waals surface area contributed by atoms with Crippen molar-refractivity contribution >= 4 is 28.5 Å². The number of hydrogen-bond donors (Lipinski definition) is 0. The highest BCUT2D eigenvalue weighted by Crippen LogP contribution is 2.27. The van der Waals surface area contributed by atoms with Gasteiger partial charge in [-0.3, -0.25) is 4.79 Å². The van der Waals surface area contributed by atoms with E-state index in [1.54, 1.807) is 14.1 Å². The molecule has 1 saturated carbocycles. The Bertz CT molecular complexity index is 417. The molecule has 106 valence electrons. The number of carbonyl (C=O) groups excluding carboxylic acids is 1. The number of carbonyl (C=O) groups is 1. The zero-order valence-electron chi connectivity index (χ0n) is 11.3. The molecular formula is C12H19N3O2S2. The highest BCUT2D eigenvalue weighted by Gasteiger charge is 2.16. The monoisotopic (exact) mass is 301 g/mol. The minimum Gasteiger partial charge on any atom is -0.469 e. The molecule has 1 aliphatic rings. The van der Waals surface area contributed by atoms with Gasteiger partial charge in [0, 0.05) is 37.4 Å². The highest BCUT2D eigenvalue weighted by atomic mass is 32.2.